The van der Waals surface area contributed by atoms with E-state index in [1.54, 1.807) is 18.3 Å². The summed E-state index contributed by atoms with van der Waals surface area (Å²) >= 11 is 0. The zero-order valence-corrected chi connectivity index (χ0v) is 9.95. The summed E-state index contributed by atoms with van der Waals surface area (Å²) in [6.45, 7) is 0. The molecule has 0 saturated heterocycles. The molecular weight excluding hydrogens is 224 g/mol. The van der Waals surface area contributed by atoms with Crippen molar-refractivity contribution in [1.29, 1.82) is 0 Å². The molecule has 1 aromatic heterocycles. The largest absolute Gasteiger partial charge is 0.399 e. The van der Waals surface area contributed by atoms with Crippen molar-refractivity contribution in [2.24, 2.45) is 5.73 Å². The quantitative estimate of drug-likeness (QED) is 0.715. The monoisotopic (exact) mass is 240 g/mol. The lowest BCUT2D eigenvalue weighted by atomic mass is 10.0. The highest BCUT2D eigenvalue weighted by atomic mass is 14.7. The molecule has 4 nitrogen and oxygen atoms in total. The highest BCUT2D eigenvalue weighted by Gasteiger charge is 2.06. The number of nitrogens with two attached hydrogens (primary N) is 3. The molecule has 1 aromatic carbocycles. The van der Waals surface area contributed by atoms with Gasteiger partial charge in [-0.1, -0.05) is 18.2 Å². The predicted octanol–water partition coefficient (Wildman–Crippen LogP) is 1.96. The Labute approximate surface area is 106 Å². The van der Waals surface area contributed by atoms with Gasteiger partial charge in [0.25, 0.3) is 0 Å². The van der Waals surface area contributed by atoms with Crippen molar-refractivity contribution in [2.45, 2.75) is 6.04 Å². The fourth-order valence-electron chi connectivity index (χ4n) is 1.68. The van der Waals surface area contributed by atoms with E-state index >= 15 is 0 Å². The zero-order chi connectivity index (χ0) is 13.0. The Balaban J connectivity index is 2.17. The SMILES string of the molecule is Nc1ccc(C(N)/C=C/c2ccccn2)c(N)c1. The molecule has 1 atom stereocenters. The van der Waals surface area contributed by atoms with Gasteiger partial charge >= 0.3 is 0 Å². The van der Waals surface area contributed by atoms with E-state index in [4.69, 9.17) is 17.2 Å². The number of anilines is 2. The molecular formula is C14H16N4. The summed E-state index contributed by atoms with van der Waals surface area (Å²) in [6.07, 6.45) is 5.48. The second-order valence-electron chi connectivity index (χ2n) is 4.03. The molecule has 1 unspecified atom stereocenters. The maximum Gasteiger partial charge on any atom is 0.0627 e. The van der Waals surface area contributed by atoms with Gasteiger partial charge in [-0.2, -0.15) is 0 Å². The number of nitrogens with zero attached hydrogens (tertiary/aromatic N) is 1. The summed E-state index contributed by atoms with van der Waals surface area (Å²) < 4.78 is 0. The number of pyridine rings is 1. The minimum Gasteiger partial charge on any atom is -0.399 e. The van der Waals surface area contributed by atoms with Crippen LogP contribution < -0.4 is 17.2 Å². The van der Waals surface area contributed by atoms with Gasteiger partial charge in [-0.3, -0.25) is 4.98 Å². The van der Waals surface area contributed by atoms with E-state index in [0.29, 0.717) is 11.4 Å². The van der Waals surface area contributed by atoms with Crippen LogP contribution in [0, 0.1) is 0 Å². The van der Waals surface area contributed by atoms with Crippen LogP contribution in [-0.4, -0.2) is 4.98 Å². The van der Waals surface area contributed by atoms with E-state index < -0.39 is 0 Å². The fourth-order valence-corrected chi connectivity index (χ4v) is 1.68. The van der Waals surface area contributed by atoms with E-state index in [-0.39, 0.29) is 6.04 Å². The first-order valence-corrected chi connectivity index (χ1v) is 5.66. The third kappa shape index (κ3) is 2.87. The van der Waals surface area contributed by atoms with E-state index in [9.17, 15) is 0 Å². The molecule has 0 amide bonds. The molecule has 2 rings (SSSR count). The van der Waals surface area contributed by atoms with Gasteiger partial charge in [-0.25, -0.2) is 0 Å². The van der Waals surface area contributed by atoms with Crippen molar-refractivity contribution in [2.75, 3.05) is 11.5 Å². The summed E-state index contributed by atoms with van der Waals surface area (Å²) in [5.74, 6) is 0. The molecule has 0 saturated carbocycles. The molecule has 4 heteroatoms. The number of benzene rings is 1. The van der Waals surface area contributed by atoms with Crippen LogP contribution in [0.1, 0.15) is 17.3 Å². The number of hydrogen-bond donors (Lipinski definition) is 3. The van der Waals surface area contributed by atoms with Gasteiger partial charge in [0.15, 0.2) is 0 Å². The van der Waals surface area contributed by atoms with Crippen LogP contribution >= 0.6 is 0 Å². The normalized spacial score (nSPS) is 12.7. The molecule has 0 radical (unpaired) electrons. The Morgan fingerprint density at radius 3 is 2.61 bits per heavy atom. The molecule has 0 aliphatic heterocycles. The van der Waals surface area contributed by atoms with Crippen LogP contribution in [0.5, 0.6) is 0 Å². The molecule has 0 bridgehead atoms. The maximum atomic E-state index is 6.06. The first-order chi connectivity index (χ1) is 8.66. The van der Waals surface area contributed by atoms with Crippen LogP contribution in [0.4, 0.5) is 11.4 Å². The maximum absolute atomic E-state index is 6.06. The summed E-state index contributed by atoms with van der Waals surface area (Å²) in [5, 5.41) is 0. The topological polar surface area (TPSA) is 91.0 Å². The second-order valence-corrected chi connectivity index (χ2v) is 4.03. The van der Waals surface area contributed by atoms with Crippen molar-refractivity contribution in [1.82, 2.24) is 4.98 Å². The third-order valence-corrected chi connectivity index (χ3v) is 2.63. The summed E-state index contributed by atoms with van der Waals surface area (Å²) in [7, 11) is 0. The molecule has 0 aliphatic carbocycles. The molecule has 2 aromatic rings. The van der Waals surface area contributed by atoms with Crippen LogP contribution in [-0.2, 0) is 0 Å². The van der Waals surface area contributed by atoms with E-state index in [1.165, 1.54) is 0 Å². The average molecular weight is 240 g/mol. The molecule has 6 N–H and O–H groups in total. The smallest absolute Gasteiger partial charge is 0.0627 e. The van der Waals surface area contributed by atoms with Gasteiger partial charge < -0.3 is 17.2 Å². The Morgan fingerprint density at radius 1 is 1.11 bits per heavy atom. The number of nitrogen functional groups attached to an aromatic ring is 2. The molecule has 92 valence electrons. The number of rotatable bonds is 3. The lowest BCUT2D eigenvalue weighted by Crippen LogP contribution is -2.10. The predicted molar refractivity (Wildman–Crippen MR) is 75.5 cm³/mol. The van der Waals surface area contributed by atoms with Gasteiger partial charge in [0.05, 0.1) is 11.7 Å². The van der Waals surface area contributed by atoms with Crippen LogP contribution in [0.25, 0.3) is 6.08 Å². The van der Waals surface area contributed by atoms with Gasteiger partial charge in [0.1, 0.15) is 0 Å². The lowest BCUT2D eigenvalue weighted by molar-refractivity contribution is 0.919. The molecule has 1 heterocycles. The highest BCUT2D eigenvalue weighted by Crippen LogP contribution is 2.22. The third-order valence-electron chi connectivity index (χ3n) is 2.63. The Bertz CT molecular complexity index is 549. The van der Waals surface area contributed by atoms with Crippen LogP contribution in [0.15, 0.2) is 48.7 Å². The van der Waals surface area contributed by atoms with Gasteiger partial charge in [0.2, 0.25) is 0 Å². The lowest BCUT2D eigenvalue weighted by Gasteiger charge is -2.10. The molecule has 0 spiro atoms. The van der Waals surface area contributed by atoms with Gasteiger partial charge in [-0.05, 0) is 35.9 Å². The standard InChI is InChI=1S/C14H16N4/c15-10-4-6-12(14(17)9-10)13(16)7-5-11-3-1-2-8-18-11/h1-9,13H,15-17H2/b7-5+. The van der Waals surface area contributed by atoms with Crippen molar-refractivity contribution in [3.63, 3.8) is 0 Å². The fraction of sp³-hybridized carbons (Fsp3) is 0.0714. The van der Waals surface area contributed by atoms with Crippen molar-refractivity contribution >= 4 is 17.5 Å². The summed E-state index contributed by atoms with van der Waals surface area (Å²) in [5.41, 5.74) is 20.5. The van der Waals surface area contributed by atoms with Crippen LogP contribution in [0.2, 0.25) is 0 Å². The second kappa shape index (κ2) is 5.33. The number of aromatic nitrogens is 1. The summed E-state index contributed by atoms with van der Waals surface area (Å²) in [4.78, 5) is 4.19. The Hall–Kier alpha value is -2.33. The van der Waals surface area contributed by atoms with Crippen LogP contribution in [0.3, 0.4) is 0 Å². The molecule has 18 heavy (non-hydrogen) atoms. The zero-order valence-electron chi connectivity index (χ0n) is 9.95. The first-order valence-electron chi connectivity index (χ1n) is 5.66. The summed E-state index contributed by atoms with van der Waals surface area (Å²) in [6, 6.07) is 10.8. The Kier molecular flexibility index (Phi) is 3.60. The Morgan fingerprint density at radius 2 is 1.94 bits per heavy atom. The minimum atomic E-state index is -0.271. The van der Waals surface area contributed by atoms with E-state index in [1.807, 2.05) is 36.4 Å². The number of hydrogen-bond acceptors (Lipinski definition) is 4. The first kappa shape index (κ1) is 12.1. The van der Waals surface area contributed by atoms with E-state index in [2.05, 4.69) is 4.98 Å². The van der Waals surface area contributed by atoms with Crippen molar-refractivity contribution in [3.8, 4) is 0 Å². The average Bonchev–Trinajstić information content (AvgIpc) is 2.37. The molecule has 0 aliphatic rings. The van der Waals surface area contributed by atoms with Gasteiger partial charge in [0, 0.05) is 17.6 Å². The van der Waals surface area contributed by atoms with E-state index in [0.717, 1.165) is 11.3 Å². The molecule has 0 fully saturated rings. The van der Waals surface area contributed by atoms with Crippen molar-refractivity contribution < 1.29 is 0 Å². The van der Waals surface area contributed by atoms with Gasteiger partial charge in [-0.15, -0.1) is 0 Å². The highest BCUT2D eigenvalue weighted by molar-refractivity contribution is 5.59. The van der Waals surface area contributed by atoms with Crippen molar-refractivity contribution in [3.05, 3.63) is 59.9 Å². The minimum absolute atomic E-state index is 0.271.